The third-order valence-electron chi connectivity index (χ3n) is 3.47. The maximum atomic E-state index is 12.6. The van der Waals surface area contributed by atoms with Gasteiger partial charge >= 0.3 is 12.1 Å². The van der Waals surface area contributed by atoms with Gasteiger partial charge < -0.3 is 10.4 Å². The van der Waals surface area contributed by atoms with Crippen LogP contribution < -0.4 is 5.32 Å². The second-order valence-electron chi connectivity index (χ2n) is 5.60. The molecule has 0 fully saturated rings. The maximum Gasteiger partial charge on any atom is 0.453 e. The molecule has 0 aromatic heterocycles. The van der Waals surface area contributed by atoms with E-state index in [-0.39, 0.29) is 25.5 Å². The third-order valence-corrected chi connectivity index (χ3v) is 3.47. The van der Waals surface area contributed by atoms with Crippen molar-refractivity contribution in [2.24, 2.45) is 0 Å². The van der Waals surface area contributed by atoms with Crippen LogP contribution in [0.1, 0.15) is 64.2 Å². The summed E-state index contributed by atoms with van der Waals surface area (Å²) < 4.78 is 60.9. The summed E-state index contributed by atoms with van der Waals surface area (Å²) in [4.78, 5) is 11.4. The highest BCUT2D eigenvalue weighted by Crippen LogP contribution is 2.38. The number of hydrogen-bond donors (Lipinski definition) is 2. The number of alkyl halides is 5. The molecule has 0 saturated carbocycles. The van der Waals surface area contributed by atoms with Gasteiger partial charge in [0.2, 0.25) is 5.91 Å². The molecule has 3 nitrogen and oxygen atoms in total. The van der Waals surface area contributed by atoms with E-state index in [1.54, 1.807) is 0 Å². The van der Waals surface area contributed by atoms with E-state index < -0.39 is 24.9 Å². The number of nitrogens with one attached hydrogen (secondary N) is 1. The topological polar surface area (TPSA) is 49.3 Å². The number of amides is 1. The van der Waals surface area contributed by atoms with E-state index in [0.29, 0.717) is 6.42 Å². The summed E-state index contributed by atoms with van der Waals surface area (Å²) >= 11 is 0. The number of aliphatic hydroxyl groups excluding tert-OH is 1. The molecule has 8 heteroatoms. The van der Waals surface area contributed by atoms with Crippen LogP contribution in [0.5, 0.6) is 0 Å². The highest BCUT2D eigenvalue weighted by Gasteiger charge is 2.56. The highest BCUT2D eigenvalue weighted by atomic mass is 19.4. The average Bonchev–Trinajstić information content (AvgIpc) is 2.45. The molecule has 1 amide bonds. The number of rotatable bonds is 13. The summed E-state index contributed by atoms with van der Waals surface area (Å²) in [5, 5.41) is 11.0. The Kier molecular flexibility index (Phi) is 11.1. The minimum absolute atomic E-state index is 0.175. The van der Waals surface area contributed by atoms with E-state index in [4.69, 9.17) is 5.11 Å². The SMILES string of the molecule is O=C(CCCCCCCCCO)NCCCC(F)(F)C(F)(F)F. The molecule has 0 aliphatic carbocycles. The molecule has 0 spiro atoms. The molecule has 0 atom stereocenters. The smallest absolute Gasteiger partial charge is 0.396 e. The highest BCUT2D eigenvalue weighted by molar-refractivity contribution is 5.75. The summed E-state index contributed by atoms with van der Waals surface area (Å²) in [5.74, 6) is -5.02. The fourth-order valence-electron chi connectivity index (χ4n) is 2.05. The first kappa shape index (κ1) is 22.1. The number of carbonyl (C=O) groups excluding carboxylic acids is 1. The van der Waals surface area contributed by atoms with E-state index in [9.17, 15) is 26.7 Å². The molecule has 0 bridgehead atoms. The monoisotopic (exact) mass is 347 g/mol. The Balaban J connectivity index is 3.51. The van der Waals surface area contributed by atoms with E-state index in [2.05, 4.69) is 5.32 Å². The predicted molar refractivity (Wildman–Crippen MR) is 77.3 cm³/mol. The van der Waals surface area contributed by atoms with Crippen LogP contribution in [0.2, 0.25) is 0 Å². The minimum atomic E-state index is -5.53. The number of hydrogen-bond acceptors (Lipinski definition) is 2. The molecule has 0 aliphatic rings. The minimum Gasteiger partial charge on any atom is -0.396 e. The van der Waals surface area contributed by atoms with Crippen molar-refractivity contribution in [3.63, 3.8) is 0 Å². The first-order chi connectivity index (χ1) is 10.7. The zero-order valence-electron chi connectivity index (χ0n) is 13.2. The van der Waals surface area contributed by atoms with Crippen molar-refractivity contribution in [1.82, 2.24) is 5.32 Å². The van der Waals surface area contributed by atoms with Crippen LogP contribution in [-0.2, 0) is 4.79 Å². The van der Waals surface area contributed by atoms with Crippen LogP contribution in [0.15, 0.2) is 0 Å². The van der Waals surface area contributed by atoms with Gasteiger partial charge in [0.15, 0.2) is 0 Å². The quantitative estimate of drug-likeness (QED) is 0.388. The van der Waals surface area contributed by atoms with E-state index in [1.165, 1.54) is 0 Å². The van der Waals surface area contributed by atoms with Gasteiger partial charge in [-0.2, -0.15) is 22.0 Å². The average molecular weight is 347 g/mol. The summed E-state index contributed by atoms with van der Waals surface area (Å²) in [6.45, 7) is 0.0285. The van der Waals surface area contributed by atoms with E-state index in [0.717, 1.165) is 38.5 Å². The second kappa shape index (κ2) is 11.6. The summed E-state index contributed by atoms with van der Waals surface area (Å²) in [6, 6.07) is 0. The Hall–Kier alpha value is -0.920. The molecular formula is C15H26F5NO2. The number of halogens is 5. The van der Waals surface area contributed by atoms with Gasteiger partial charge in [-0.15, -0.1) is 0 Å². The Labute approximate surface area is 133 Å². The van der Waals surface area contributed by atoms with Gasteiger partial charge in [0.05, 0.1) is 0 Å². The van der Waals surface area contributed by atoms with Gasteiger partial charge in [-0.05, 0) is 19.3 Å². The Morgan fingerprint density at radius 3 is 1.87 bits per heavy atom. The van der Waals surface area contributed by atoms with Crippen LogP contribution in [0, 0.1) is 0 Å². The number of carbonyl (C=O) groups is 1. The molecule has 23 heavy (non-hydrogen) atoms. The lowest BCUT2D eigenvalue weighted by Gasteiger charge is -2.19. The van der Waals surface area contributed by atoms with Crippen LogP contribution in [0.4, 0.5) is 22.0 Å². The molecule has 0 heterocycles. The van der Waals surface area contributed by atoms with Crippen molar-refractivity contribution in [2.75, 3.05) is 13.2 Å². The Morgan fingerprint density at radius 1 is 0.826 bits per heavy atom. The Morgan fingerprint density at radius 2 is 1.35 bits per heavy atom. The Bertz CT molecular complexity index is 321. The number of unbranched alkanes of at least 4 members (excludes halogenated alkanes) is 6. The van der Waals surface area contributed by atoms with E-state index in [1.807, 2.05) is 0 Å². The van der Waals surface area contributed by atoms with Gasteiger partial charge in [-0.1, -0.05) is 32.1 Å². The second-order valence-corrected chi connectivity index (χ2v) is 5.60. The summed E-state index contributed by atoms with van der Waals surface area (Å²) in [7, 11) is 0. The summed E-state index contributed by atoms with van der Waals surface area (Å²) in [6.07, 6.45) is -0.613. The van der Waals surface area contributed by atoms with Crippen LogP contribution in [0.3, 0.4) is 0 Å². The molecule has 0 aliphatic heterocycles. The van der Waals surface area contributed by atoms with Crippen molar-refractivity contribution in [1.29, 1.82) is 0 Å². The lowest BCUT2D eigenvalue weighted by molar-refractivity contribution is -0.284. The van der Waals surface area contributed by atoms with Gasteiger partial charge in [-0.25, -0.2) is 0 Å². The molecule has 2 N–H and O–H groups in total. The molecule has 0 radical (unpaired) electrons. The van der Waals surface area contributed by atoms with Crippen LogP contribution in [-0.4, -0.2) is 36.3 Å². The van der Waals surface area contributed by atoms with Gasteiger partial charge in [0.1, 0.15) is 0 Å². The van der Waals surface area contributed by atoms with Crippen molar-refractivity contribution < 1.29 is 31.9 Å². The van der Waals surface area contributed by atoms with Crippen molar-refractivity contribution in [2.45, 2.75) is 76.3 Å². The number of aliphatic hydroxyl groups is 1. The molecule has 0 aromatic carbocycles. The standard InChI is InChI=1S/C15H26F5NO2/c16-14(17,15(18,19)20)10-8-11-21-13(23)9-6-4-2-1-3-5-7-12-22/h22H,1-12H2,(H,21,23). The first-order valence-corrected chi connectivity index (χ1v) is 8.03. The molecule has 0 saturated heterocycles. The molecule has 0 unspecified atom stereocenters. The molecule has 138 valence electrons. The first-order valence-electron chi connectivity index (χ1n) is 8.03. The maximum absolute atomic E-state index is 12.6. The fourth-order valence-corrected chi connectivity index (χ4v) is 2.05. The largest absolute Gasteiger partial charge is 0.453 e. The normalized spacial score (nSPS) is 12.4. The van der Waals surface area contributed by atoms with E-state index >= 15 is 0 Å². The van der Waals surface area contributed by atoms with Gasteiger partial charge in [0, 0.05) is 26.0 Å². The van der Waals surface area contributed by atoms with Crippen LogP contribution in [0.25, 0.3) is 0 Å². The fraction of sp³-hybridized carbons (Fsp3) is 0.933. The van der Waals surface area contributed by atoms with Crippen LogP contribution >= 0.6 is 0 Å². The summed E-state index contributed by atoms with van der Waals surface area (Å²) in [5.41, 5.74) is 0. The molecule has 0 rings (SSSR count). The van der Waals surface area contributed by atoms with Crippen molar-refractivity contribution in [3.05, 3.63) is 0 Å². The lowest BCUT2D eigenvalue weighted by Crippen LogP contribution is -2.37. The zero-order chi connectivity index (χ0) is 17.8. The zero-order valence-corrected chi connectivity index (χ0v) is 13.2. The third kappa shape index (κ3) is 11.3. The lowest BCUT2D eigenvalue weighted by atomic mass is 10.1. The molecular weight excluding hydrogens is 321 g/mol. The predicted octanol–water partition coefficient (Wildman–Crippen LogP) is 4.19. The van der Waals surface area contributed by atoms with Crippen molar-refractivity contribution >= 4 is 5.91 Å². The van der Waals surface area contributed by atoms with Gasteiger partial charge in [0.25, 0.3) is 0 Å². The molecule has 0 aromatic rings. The van der Waals surface area contributed by atoms with Crippen molar-refractivity contribution in [3.8, 4) is 0 Å². The van der Waals surface area contributed by atoms with Gasteiger partial charge in [-0.3, -0.25) is 4.79 Å².